The summed E-state index contributed by atoms with van der Waals surface area (Å²) in [5, 5.41) is 23.7. The fourth-order valence-corrected chi connectivity index (χ4v) is 2.57. The van der Waals surface area contributed by atoms with E-state index in [2.05, 4.69) is 30.9 Å². The van der Waals surface area contributed by atoms with Gasteiger partial charge in [-0.25, -0.2) is 0 Å². The molecule has 1 N–H and O–H groups in total. The van der Waals surface area contributed by atoms with Crippen LogP contribution in [-0.2, 0) is 12.1 Å². The molecule has 2 heterocycles. The Labute approximate surface area is 129 Å². The second-order valence-electron chi connectivity index (χ2n) is 6.80. The first-order valence-corrected chi connectivity index (χ1v) is 7.89. The van der Waals surface area contributed by atoms with Crippen molar-refractivity contribution in [3.05, 3.63) is 11.7 Å². The molecular formula is C14H23N7O. The Morgan fingerprint density at radius 2 is 1.91 bits per heavy atom. The number of aromatic nitrogens is 6. The largest absolute Gasteiger partial charge is 0.408 e. The number of tetrazole rings is 1. The fraction of sp³-hybridized carbons (Fsp3) is 0.786. The molecule has 0 spiro atoms. The lowest BCUT2D eigenvalue weighted by Crippen LogP contribution is -2.24. The highest BCUT2D eigenvalue weighted by Gasteiger charge is 2.21. The zero-order valence-electron chi connectivity index (χ0n) is 13.4. The van der Waals surface area contributed by atoms with Crippen molar-refractivity contribution in [1.82, 2.24) is 30.4 Å². The highest BCUT2D eigenvalue weighted by Crippen LogP contribution is 2.32. The van der Waals surface area contributed by atoms with E-state index < -0.39 is 0 Å². The van der Waals surface area contributed by atoms with Crippen molar-refractivity contribution >= 4 is 6.01 Å². The molecular weight excluding hydrogens is 282 g/mol. The van der Waals surface area contributed by atoms with Crippen LogP contribution < -0.4 is 5.32 Å². The van der Waals surface area contributed by atoms with Crippen molar-refractivity contribution in [2.45, 2.75) is 70.9 Å². The van der Waals surface area contributed by atoms with Crippen LogP contribution in [0.3, 0.4) is 0 Å². The highest BCUT2D eigenvalue weighted by atomic mass is 16.4. The van der Waals surface area contributed by atoms with Crippen LogP contribution in [-0.4, -0.2) is 30.4 Å². The van der Waals surface area contributed by atoms with Crippen molar-refractivity contribution in [3.63, 3.8) is 0 Å². The van der Waals surface area contributed by atoms with Gasteiger partial charge >= 0.3 is 6.01 Å². The number of anilines is 1. The summed E-state index contributed by atoms with van der Waals surface area (Å²) in [6.45, 7) is 6.50. The molecule has 0 radical (unpaired) electrons. The Bertz CT molecular complexity index is 607. The van der Waals surface area contributed by atoms with Crippen LogP contribution in [0.1, 0.15) is 70.5 Å². The second kappa shape index (κ2) is 6.02. The zero-order chi connectivity index (χ0) is 15.6. The monoisotopic (exact) mass is 305 g/mol. The molecule has 1 aliphatic carbocycles. The normalized spacial score (nSPS) is 16.9. The topological polar surface area (TPSA) is 94.6 Å². The smallest absolute Gasteiger partial charge is 0.315 e. The quantitative estimate of drug-likeness (QED) is 0.927. The predicted molar refractivity (Wildman–Crippen MR) is 80.3 cm³/mol. The number of rotatable bonds is 4. The van der Waals surface area contributed by atoms with Gasteiger partial charge in [0.2, 0.25) is 5.89 Å². The van der Waals surface area contributed by atoms with Crippen molar-refractivity contribution < 1.29 is 4.42 Å². The Balaban J connectivity index is 1.57. The molecule has 2 aromatic rings. The van der Waals surface area contributed by atoms with Gasteiger partial charge in [-0.1, -0.05) is 24.4 Å². The van der Waals surface area contributed by atoms with Gasteiger partial charge in [-0.15, -0.1) is 15.3 Å². The summed E-state index contributed by atoms with van der Waals surface area (Å²) in [5.74, 6) is 1.76. The summed E-state index contributed by atoms with van der Waals surface area (Å²) in [5.41, 5.74) is -0.177. The fourth-order valence-electron chi connectivity index (χ4n) is 2.57. The van der Waals surface area contributed by atoms with Gasteiger partial charge in [-0.2, -0.15) is 4.80 Å². The molecule has 22 heavy (non-hydrogen) atoms. The molecule has 1 fully saturated rings. The molecule has 120 valence electrons. The molecule has 0 unspecified atom stereocenters. The predicted octanol–water partition coefficient (Wildman–Crippen LogP) is 2.47. The van der Waals surface area contributed by atoms with Gasteiger partial charge in [0.05, 0.1) is 12.1 Å². The van der Waals surface area contributed by atoms with E-state index in [9.17, 15) is 0 Å². The Morgan fingerprint density at radius 3 is 2.59 bits per heavy atom. The molecule has 0 bridgehead atoms. The van der Waals surface area contributed by atoms with E-state index in [1.54, 1.807) is 4.80 Å². The molecule has 0 aliphatic heterocycles. The van der Waals surface area contributed by atoms with Gasteiger partial charge in [0.25, 0.3) is 0 Å². The maximum absolute atomic E-state index is 5.70. The van der Waals surface area contributed by atoms with Crippen molar-refractivity contribution in [1.29, 1.82) is 0 Å². The van der Waals surface area contributed by atoms with Gasteiger partial charge in [-0.05, 0) is 38.8 Å². The first-order chi connectivity index (χ1) is 10.5. The maximum Gasteiger partial charge on any atom is 0.315 e. The van der Waals surface area contributed by atoms with Crippen LogP contribution in [0.25, 0.3) is 0 Å². The lowest BCUT2D eigenvalue weighted by molar-refractivity contribution is 0.305. The first kappa shape index (κ1) is 14.9. The molecule has 8 heteroatoms. The number of hydrogen-bond donors (Lipinski definition) is 1. The van der Waals surface area contributed by atoms with Gasteiger partial charge in [-0.3, -0.25) is 0 Å². The summed E-state index contributed by atoms with van der Waals surface area (Å²) in [7, 11) is 0. The lowest BCUT2D eigenvalue weighted by atomic mass is 9.89. The molecule has 1 saturated carbocycles. The van der Waals surface area contributed by atoms with E-state index in [1.807, 2.05) is 20.8 Å². The van der Waals surface area contributed by atoms with Gasteiger partial charge in [0.15, 0.2) is 5.82 Å². The van der Waals surface area contributed by atoms with Crippen LogP contribution in [0.15, 0.2) is 4.42 Å². The Morgan fingerprint density at radius 1 is 1.14 bits per heavy atom. The number of hydrogen-bond acceptors (Lipinski definition) is 7. The highest BCUT2D eigenvalue weighted by molar-refractivity contribution is 5.18. The molecule has 3 rings (SSSR count). The van der Waals surface area contributed by atoms with Crippen molar-refractivity contribution in [3.8, 4) is 0 Å². The van der Waals surface area contributed by atoms with Crippen LogP contribution >= 0.6 is 0 Å². The minimum absolute atomic E-state index is 0.177. The van der Waals surface area contributed by atoms with Crippen LogP contribution in [0.5, 0.6) is 0 Å². The third-order valence-corrected chi connectivity index (χ3v) is 3.85. The average Bonchev–Trinajstić information content (AvgIpc) is 3.15. The van der Waals surface area contributed by atoms with Gasteiger partial charge in [0, 0.05) is 5.92 Å². The van der Waals surface area contributed by atoms with Crippen molar-refractivity contribution in [2.75, 3.05) is 5.32 Å². The Hall–Kier alpha value is -1.99. The first-order valence-electron chi connectivity index (χ1n) is 7.89. The van der Waals surface area contributed by atoms with E-state index in [4.69, 9.17) is 4.42 Å². The molecule has 0 atom stereocenters. The summed E-state index contributed by atoms with van der Waals surface area (Å²) >= 11 is 0. The van der Waals surface area contributed by atoms with E-state index in [0.29, 0.717) is 24.3 Å². The molecule has 2 aromatic heterocycles. The summed E-state index contributed by atoms with van der Waals surface area (Å²) in [4.78, 5) is 1.60. The molecule has 0 aromatic carbocycles. The van der Waals surface area contributed by atoms with Crippen LogP contribution in [0, 0.1) is 0 Å². The minimum Gasteiger partial charge on any atom is -0.408 e. The average molecular weight is 305 g/mol. The number of nitrogens with zero attached hydrogens (tertiary/aromatic N) is 6. The number of nitrogens with one attached hydrogen (secondary N) is 1. The molecule has 1 aliphatic rings. The summed E-state index contributed by atoms with van der Waals surface area (Å²) in [6, 6.07) is 0.424. The molecule has 0 amide bonds. The summed E-state index contributed by atoms with van der Waals surface area (Å²) < 4.78 is 5.70. The lowest BCUT2D eigenvalue weighted by Gasteiger charge is -2.17. The zero-order valence-corrected chi connectivity index (χ0v) is 13.4. The van der Waals surface area contributed by atoms with E-state index in [0.717, 1.165) is 18.7 Å². The van der Waals surface area contributed by atoms with Crippen LogP contribution in [0.4, 0.5) is 6.01 Å². The summed E-state index contributed by atoms with van der Waals surface area (Å²) in [6.07, 6.45) is 6.09. The van der Waals surface area contributed by atoms with Crippen molar-refractivity contribution in [2.24, 2.45) is 0 Å². The molecule has 0 saturated heterocycles. The SMILES string of the molecule is CC(C)(C)n1nnc(CNc2nnc(C3CCCCC3)o2)n1. The van der Waals surface area contributed by atoms with E-state index >= 15 is 0 Å². The second-order valence-corrected chi connectivity index (χ2v) is 6.80. The third-order valence-electron chi connectivity index (χ3n) is 3.85. The minimum atomic E-state index is -0.177. The molecule has 8 nitrogen and oxygen atoms in total. The Kier molecular flexibility index (Phi) is 4.08. The van der Waals surface area contributed by atoms with Gasteiger partial charge in [0.1, 0.15) is 0 Å². The third kappa shape index (κ3) is 3.42. The van der Waals surface area contributed by atoms with Gasteiger partial charge < -0.3 is 9.73 Å². The standard InChI is InChI=1S/C14H23N7O/c1-14(2,3)21-19-11(16-20-21)9-15-13-18-17-12(22-13)10-7-5-4-6-8-10/h10H,4-9H2,1-3H3,(H,15,18). The van der Waals surface area contributed by atoms with E-state index in [-0.39, 0.29) is 5.54 Å². The van der Waals surface area contributed by atoms with E-state index in [1.165, 1.54) is 19.3 Å². The van der Waals surface area contributed by atoms with Crippen LogP contribution in [0.2, 0.25) is 0 Å². The maximum atomic E-state index is 5.70.